The molecule has 0 fully saturated rings. The summed E-state index contributed by atoms with van der Waals surface area (Å²) in [5, 5.41) is 4.70. The number of ether oxygens (including phenoxy) is 1. The first-order valence-electron chi connectivity index (χ1n) is 9.87. The molecule has 0 radical (unpaired) electrons. The van der Waals surface area contributed by atoms with Crippen molar-refractivity contribution in [3.8, 4) is 0 Å². The molecule has 3 N–H and O–H groups in total. The Kier molecular flexibility index (Phi) is 8.28. The Balaban J connectivity index is 2.52. The average Bonchev–Trinajstić information content (AvgIpc) is 2.83. The van der Waals surface area contributed by atoms with Gasteiger partial charge in [0.2, 0.25) is 3.79 Å². The lowest BCUT2D eigenvalue weighted by Crippen LogP contribution is -2.54. The number of nitrogens with one attached hydrogen (secondary N) is 1. The first-order chi connectivity index (χ1) is 15.7. The number of carbonyl (C=O) groups is 2. The Morgan fingerprint density at radius 3 is 1.48 bits per heavy atom. The van der Waals surface area contributed by atoms with Gasteiger partial charge in [-0.15, -0.1) is 0 Å². The van der Waals surface area contributed by atoms with E-state index in [0.29, 0.717) is 0 Å². The van der Waals surface area contributed by atoms with Gasteiger partial charge in [0.25, 0.3) is 5.91 Å². The van der Waals surface area contributed by atoms with E-state index in [0.717, 1.165) is 15.9 Å². The summed E-state index contributed by atoms with van der Waals surface area (Å²) in [6.45, 7) is -3.06. The van der Waals surface area contributed by atoms with Crippen molar-refractivity contribution in [3.63, 3.8) is 0 Å². The molecule has 0 saturated heterocycles. The largest absolute Gasteiger partial charge is 0.465 e. The van der Waals surface area contributed by atoms with E-state index >= 15 is 0 Å². The maximum atomic E-state index is 13.7. The van der Waals surface area contributed by atoms with Crippen molar-refractivity contribution in [2.75, 3.05) is 7.11 Å². The van der Waals surface area contributed by atoms with Crippen molar-refractivity contribution in [3.05, 3.63) is 91.0 Å². The number of rotatable bonds is 6. The van der Waals surface area contributed by atoms with E-state index in [9.17, 15) is 9.59 Å². The smallest absolute Gasteiger partial charge is 0.344 e. The molecule has 0 unspecified atom stereocenters. The van der Waals surface area contributed by atoms with Crippen molar-refractivity contribution < 1.29 is 14.3 Å². The van der Waals surface area contributed by atoms with Crippen LogP contribution < -0.4 is 27.0 Å². The van der Waals surface area contributed by atoms with Crippen molar-refractivity contribution in [2.45, 2.75) is 9.96 Å². The molecule has 0 bridgehead atoms. The van der Waals surface area contributed by atoms with Crippen molar-refractivity contribution in [2.24, 2.45) is 5.73 Å². The molecule has 33 heavy (non-hydrogen) atoms. The maximum absolute atomic E-state index is 13.7. The number of esters is 1. The fourth-order valence-corrected chi connectivity index (χ4v) is 7.98. The van der Waals surface area contributed by atoms with Crippen LogP contribution in [-0.2, 0) is 14.3 Å². The van der Waals surface area contributed by atoms with Gasteiger partial charge in [0.1, 0.15) is 11.5 Å². The van der Waals surface area contributed by atoms with Crippen LogP contribution in [0, 0.1) is 0 Å². The lowest BCUT2D eigenvalue weighted by Gasteiger charge is -2.32. The van der Waals surface area contributed by atoms with Gasteiger partial charge in [-0.3, -0.25) is 4.79 Å². The highest BCUT2D eigenvalue weighted by Crippen LogP contribution is 2.46. The number of amides is 1. The second-order valence-corrected chi connectivity index (χ2v) is 12.7. The molecular formula is C24H22Cl3N2O3P. The van der Waals surface area contributed by atoms with E-state index in [-0.39, 0.29) is 5.29 Å². The molecule has 3 rings (SSSR count). The first kappa shape index (κ1) is 25.4. The van der Waals surface area contributed by atoms with Crippen LogP contribution in [-0.4, -0.2) is 34.2 Å². The van der Waals surface area contributed by atoms with Crippen LogP contribution in [0.4, 0.5) is 0 Å². The number of methoxy groups -OCH3 is 1. The predicted molar refractivity (Wildman–Crippen MR) is 139 cm³/mol. The Labute approximate surface area is 207 Å². The van der Waals surface area contributed by atoms with Gasteiger partial charge in [0, 0.05) is 0 Å². The Morgan fingerprint density at radius 2 is 1.18 bits per heavy atom. The van der Waals surface area contributed by atoms with Gasteiger partial charge >= 0.3 is 5.97 Å². The highest BCUT2D eigenvalue weighted by molar-refractivity contribution is 7.97. The average molecular weight is 524 g/mol. The second-order valence-electron chi connectivity index (χ2n) is 7.01. The van der Waals surface area contributed by atoms with Crippen molar-refractivity contribution >= 4 is 74.8 Å². The van der Waals surface area contributed by atoms with Crippen LogP contribution >= 0.6 is 41.7 Å². The molecule has 0 heterocycles. The highest BCUT2D eigenvalue weighted by atomic mass is 35.6. The molecule has 0 saturated carbocycles. The van der Waals surface area contributed by atoms with E-state index in [4.69, 9.17) is 45.3 Å². The molecule has 0 aliphatic rings. The Hall–Kier alpha value is -2.27. The van der Waals surface area contributed by atoms with E-state index in [1.54, 1.807) is 0 Å². The summed E-state index contributed by atoms with van der Waals surface area (Å²) in [6.07, 6.45) is -1.36. The zero-order valence-electron chi connectivity index (χ0n) is 17.6. The van der Waals surface area contributed by atoms with Crippen LogP contribution in [0.15, 0.2) is 91.0 Å². The fourth-order valence-electron chi connectivity index (χ4n) is 3.56. The molecule has 1 atom stereocenters. The molecule has 0 spiro atoms. The summed E-state index contributed by atoms with van der Waals surface area (Å²) in [5.74, 6) is -1.57. The predicted octanol–water partition coefficient (Wildman–Crippen LogP) is 3.10. The molecule has 1 amide bonds. The molecule has 9 heteroatoms. The molecule has 0 aliphatic heterocycles. The molecule has 172 valence electrons. The van der Waals surface area contributed by atoms with Crippen LogP contribution in [0.3, 0.4) is 0 Å². The lowest BCUT2D eigenvalue weighted by atomic mass is 10.3. The van der Waals surface area contributed by atoms with Crippen LogP contribution in [0.2, 0.25) is 0 Å². The summed E-state index contributed by atoms with van der Waals surface area (Å²) >= 11 is 17.7. The third kappa shape index (κ3) is 5.29. The highest BCUT2D eigenvalue weighted by Gasteiger charge is 2.40. The summed E-state index contributed by atoms with van der Waals surface area (Å²) in [5.41, 5.74) is 5.91. The van der Waals surface area contributed by atoms with Crippen molar-refractivity contribution in [1.29, 1.82) is 0 Å². The van der Waals surface area contributed by atoms with Gasteiger partial charge in [-0.1, -0.05) is 126 Å². The molecule has 0 aliphatic carbocycles. The minimum atomic E-state index is -3.06. The molecular weight excluding hydrogens is 502 g/mol. The number of carbonyl (C=O) groups excluding carboxylic acids is 2. The quantitative estimate of drug-likeness (QED) is 0.171. The number of halogens is 3. The summed E-state index contributed by atoms with van der Waals surface area (Å²) in [7, 11) is 1.22. The Bertz CT molecular complexity index is 1060. The standard InChI is InChI=1S/C24H22Cl3N2O3P/c1-32-22(31)20(21(30)29-23(28)24(25,26)27)33(17-11-5-2-6-12-17,18-13-7-3-8-14-18)19-15-9-4-10-16-19/h2-16,23H,28H2,1H3,(H,29,30)/t23-/m1/s1. The number of benzene rings is 3. The third-order valence-electron chi connectivity index (χ3n) is 5.00. The van der Waals surface area contributed by atoms with Gasteiger partial charge < -0.3 is 15.8 Å². The van der Waals surface area contributed by atoms with Crippen LogP contribution in [0.25, 0.3) is 0 Å². The van der Waals surface area contributed by atoms with Gasteiger partial charge in [0.15, 0.2) is 0 Å². The first-order valence-corrected chi connectivity index (χ1v) is 12.8. The van der Waals surface area contributed by atoms with Gasteiger partial charge in [0.05, 0.1) is 7.11 Å². The van der Waals surface area contributed by atoms with E-state index in [1.807, 2.05) is 91.0 Å². The minimum absolute atomic E-state index is 0.113. The van der Waals surface area contributed by atoms with Gasteiger partial charge in [-0.25, -0.2) is 4.79 Å². The van der Waals surface area contributed by atoms with E-state index < -0.39 is 28.7 Å². The molecule has 3 aromatic rings. The van der Waals surface area contributed by atoms with E-state index in [1.165, 1.54) is 7.11 Å². The Morgan fingerprint density at radius 1 is 0.818 bits per heavy atom. The van der Waals surface area contributed by atoms with Crippen LogP contribution in [0.1, 0.15) is 0 Å². The number of nitrogens with two attached hydrogens (primary N) is 1. The minimum Gasteiger partial charge on any atom is -0.465 e. The number of alkyl halides is 3. The summed E-state index contributed by atoms with van der Waals surface area (Å²) in [4.78, 5) is 27.0. The van der Waals surface area contributed by atoms with Crippen molar-refractivity contribution in [1.82, 2.24) is 5.32 Å². The molecule has 5 nitrogen and oxygen atoms in total. The third-order valence-corrected chi connectivity index (χ3v) is 9.98. The summed E-state index contributed by atoms with van der Waals surface area (Å²) in [6, 6.07) is 28.1. The van der Waals surface area contributed by atoms with E-state index in [2.05, 4.69) is 5.32 Å². The van der Waals surface area contributed by atoms with Gasteiger partial charge in [-0.05, 0) is 22.8 Å². The SMILES string of the molecule is COC(=O)C(C(=O)N[C@@H](N)C(Cl)(Cl)Cl)=P(c1ccccc1)(c1ccccc1)c1ccccc1. The number of hydrogen-bond acceptors (Lipinski definition) is 4. The maximum Gasteiger partial charge on any atom is 0.344 e. The second kappa shape index (κ2) is 10.8. The molecule has 3 aromatic carbocycles. The summed E-state index contributed by atoms with van der Waals surface area (Å²) < 4.78 is 3.14. The monoisotopic (exact) mass is 522 g/mol. The zero-order valence-corrected chi connectivity index (χ0v) is 20.8. The zero-order chi connectivity index (χ0) is 24.1. The van der Waals surface area contributed by atoms with Gasteiger partial charge in [-0.2, -0.15) is 0 Å². The topological polar surface area (TPSA) is 81.4 Å². The lowest BCUT2D eigenvalue weighted by molar-refractivity contribution is -0.133. The number of hydrogen-bond donors (Lipinski definition) is 2. The molecule has 0 aromatic heterocycles. The fraction of sp³-hybridized carbons (Fsp3) is 0.125. The van der Waals surface area contributed by atoms with Crippen LogP contribution in [0.5, 0.6) is 0 Å². The normalized spacial score (nSPS) is 12.5.